The van der Waals surface area contributed by atoms with E-state index in [4.69, 9.17) is 15.0 Å². The molecule has 4 rings (SSSR count). The fourth-order valence-corrected chi connectivity index (χ4v) is 5.46. The molecule has 2 aromatic rings. The van der Waals surface area contributed by atoms with Crippen LogP contribution in [0.5, 0.6) is 5.75 Å². The molecule has 8 nitrogen and oxygen atoms in total. The highest BCUT2D eigenvalue weighted by molar-refractivity contribution is 5.80. The first-order valence-electron chi connectivity index (χ1n) is 13.0. The molecule has 1 unspecified atom stereocenters. The predicted molar refractivity (Wildman–Crippen MR) is 136 cm³/mol. The van der Waals surface area contributed by atoms with Crippen LogP contribution in [0.1, 0.15) is 55.6 Å². The van der Waals surface area contributed by atoms with Gasteiger partial charge in [-0.05, 0) is 61.4 Å². The van der Waals surface area contributed by atoms with Gasteiger partial charge in [-0.15, -0.1) is 0 Å². The molecule has 0 aromatic heterocycles. The number of piperidine rings is 1. The lowest BCUT2D eigenvalue weighted by molar-refractivity contribution is -0.192. The minimum absolute atomic E-state index is 0.184. The molecule has 2 saturated heterocycles. The first kappa shape index (κ1) is 31.8. The molecule has 0 aliphatic carbocycles. The van der Waals surface area contributed by atoms with E-state index < -0.39 is 35.7 Å². The summed E-state index contributed by atoms with van der Waals surface area (Å²) in [5, 5.41) is 25.9. The third kappa shape index (κ3) is 8.87. The van der Waals surface area contributed by atoms with Crippen LogP contribution >= 0.6 is 0 Å². The number of phenols is 1. The zero-order valence-electron chi connectivity index (χ0n) is 22.0. The highest BCUT2D eigenvalue weighted by Gasteiger charge is 2.41. The van der Waals surface area contributed by atoms with Gasteiger partial charge in [0.15, 0.2) is 0 Å². The molecule has 0 radical (unpaired) electrons. The van der Waals surface area contributed by atoms with Gasteiger partial charge in [0.1, 0.15) is 17.4 Å². The normalized spacial score (nSPS) is 20.2. The summed E-state index contributed by atoms with van der Waals surface area (Å²) in [5.74, 6) is -5.08. The van der Waals surface area contributed by atoms with Gasteiger partial charge in [0, 0.05) is 37.2 Å². The number of halogens is 5. The number of carbonyl (C=O) groups excluding carboxylic acids is 1. The van der Waals surface area contributed by atoms with Gasteiger partial charge in [-0.3, -0.25) is 14.5 Å². The molecule has 41 heavy (non-hydrogen) atoms. The third-order valence-corrected chi connectivity index (χ3v) is 7.41. The van der Waals surface area contributed by atoms with E-state index in [1.807, 2.05) is 18.2 Å². The molecule has 2 bridgehead atoms. The molecule has 3 atom stereocenters. The lowest BCUT2D eigenvalue weighted by atomic mass is 9.85. The van der Waals surface area contributed by atoms with Crippen LogP contribution in [-0.4, -0.2) is 74.3 Å². The van der Waals surface area contributed by atoms with Crippen molar-refractivity contribution in [3.63, 3.8) is 0 Å². The van der Waals surface area contributed by atoms with Gasteiger partial charge in [-0.2, -0.15) is 13.2 Å². The first-order valence-corrected chi connectivity index (χ1v) is 13.0. The summed E-state index contributed by atoms with van der Waals surface area (Å²) in [6.07, 6.45) is -1.61. The number of hydrogen-bond acceptors (Lipinski definition) is 5. The number of aromatic hydroxyl groups is 1. The molecule has 13 heteroatoms. The van der Waals surface area contributed by atoms with Crippen molar-refractivity contribution in [2.24, 2.45) is 0 Å². The maximum Gasteiger partial charge on any atom is 0.490 e. The summed E-state index contributed by atoms with van der Waals surface area (Å²) < 4.78 is 60.2. The van der Waals surface area contributed by atoms with E-state index in [1.54, 1.807) is 6.07 Å². The van der Waals surface area contributed by atoms with Gasteiger partial charge in [-0.25, -0.2) is 13.6 Å². The largest absolute Gasteiger partial charge is 0.508 e. The van der Waals surface area contributed by atoms with Crippen molar-refractivity contribution in [1.29, 1.82) is 0 Å². The number of rotatable bonds is 9. The fourth-order valence-electron chi connectivity index (χ4n) is 5.46. The van der Waals surface area contributed by atoms with Crippen LogP contribution in [0.3, 0.4) is 0 Å². The fraction of sp³-hybridized carbons (Fsp3) is 0.464. The van der Waals surface area contributed by atoms with Gasteiger partial charge < -0.3 is 20.2 Å². The first-order chi connectivity index (χ1) is 19.3. The maximum atomic E-state index is 14.2. The average molecular weight is 587 g/mol. The van der Waals surface area contributed by atoms with Crippen molar-refractivity contribution in [3.05, 3.63) is 65.2 Å². The molecule has 2 fully saturated rings. The van der Waals surface area contributed by atoms with Gasteiger partial charge in [0.2, 0.25) is 5.91 Å². The zero-order valence-corrected chi connectivity index (χ0v) is 22.0. The molecule has 2 aromatic carbocycles. The van der Waals surface area contributed by atoms with E-state index in [-0.39, 0.29) is 37.2 Å². The highest BCUT2D eigenvalue weighted by Crippen LogP contribution is 2.43. The SMILES string of the molecule is O=C(O)C(F)(F)F.O=C(O)CCC(=O)N(CCN1[C@@H]2CC[C@H]1CC(c1cccc(O)c1)C2)Cc1c(F)cccc1F. The van der Waals surface area contributed by atoms with E-state index in [1.165, 1.54) is 11.0 Å². The van der Waals surface area contributed by atoms with E-state index in [9.17, 15) is 36.6 Å². The minimum Gasteiger partial charge on any atom is -0.508 e. The summed E-state index contributed by atoms with van der Waals surface area (Å²) in [6, 6.07) is 11.7. The van der Waals surface area contributed by atoms with Crippen molar-refractivity contribution >= 4 is 17.8 Å². The summed E-state index contributed by atoms with van der Waals surface area (Å²) >= 11 is 0. The minimum atomic E-state index is -5.08. The van der Waals surface area contributed by atoms with Crippen molar-refractivity contribution in [2.75, 3.05) is 13.1 Å². The molecule has 1 amide bonds. The van der Waals surface area contributed by atoms with Crippen LogP contribution in [0.25, 0.3) is 0 Å². The number of nitrogens with zero attached hydrogens (tertiary/aromatic N) is 2. The van der Waals surface area contributed by atoms with Crippen LogP contribution in [0, 0.1) is 11.6 Å². The van der Waals surface area contributed by atoms with Crippen molar-refractivity contribution in [2.45, 2.75) is 69.2 Å². The number of fused-ring (bicyclic) bond motifs is 2. The molecule has 3 N–H and O–H groups in total. The number of amides is 1. The average Bonchev–Trinajstić information content (AvgIpc) is 3.12. The van der Waals surface area contributed by atoms with E-state index in [2.05, 4.69) is 4.90 Å². The summed E-state index contributed by atoms with van der Waals surface area (Å²) in [5.41, 5.74) is 0.953. The Morgan fingerprint density at radius 1 is 0.927 bits per heavy atom. The van der Waals surface area contributed by atoms with Crippen LogP contribution in [0.15, 0.2) is 42.5 Å². The molecule has 224 valence electrons. The van der Waals surface area contributed by atoms with Gasteiger partial charge in [0.25, 0.3) is 0 Å². The number of aliphatic carboxylic acids is 2. The number of phenolic OH excluding ortho intramolecular Hbond substituents is 1. The Morgan fingerprint density at radius 2 is 1.49 bits per heavy atom. The van der Waals surface area contributed by atoms with Crippen LogP contribution in [-0.2, 0) is 20.9 Å². The number of alkyl halides is 3. The summed E-state index contributed by atoms with van der Waals surface area (Å²) in [4.78, 5) is 36.4. The smallest absolute Gasteiger partial charge is 0.490 e. The van der Waals surface area contributed by atoms with E-state index in [0.717, 1.165) is 43.4 Å². The van der Waals surface area contributed by atoms with Crippen LogP contribution in [0.4, 0.5) is 22.0 Å². The van der Waals surface area contributed by atoms with Gasteiger partial charge in [0.05, 0.1) is 13.0 Å². The molecule has 0 saturated carbocycles. The summed E-state index contributed by atoms with van der Waals surface area (Å²) in [7, 11) is 0. The summed E-state index contributed by atoms with van der Waals surface area (Å²) in [6.45, 7) is 0.610. The molecule has 0 spiro atoms. The Morgan fingerprint density at radius 3 is 2.00 bits per heavy atom. The third-order valence-electron chi connectivity index (χ3n) is 7.41. The monoisotopic (exact) mass is 586 g/mol. The van der Waals surface area contributed by atoms with E-state index >= 15 is 0 Å². The van der Waals surface area contributed by atoms with E-state index in [0.29, 0.717) is 24.5 Å². The highest BCUT2D eigenvalue weighted by atomic mass is 19.4. The van der Waals surface area contributed by atoms with Crippen molar-refractivity contribution in [1.82, 2.24) is 9.80 Å². The number of carbonyl (C=O) groups is 3. The molecular formula is C28H31F5N2O6. The number of benzene rings is 2. The second-order valence-corrected chi connectivity index (χ2v) is 10.1. The second kappa shape index (κ2) is 13.7. The Labute approximate surface area is 233 Å². The number of hydrogen-bond donors (Lipinski definition) is 3. The lowest BCUT2D eigenvalue weighted by Gasteiger charge is -2.40. The Bertz CT molecular complexity index is 1210. The topological polar surface area (TPSA) is 118 Å². The van der Waals surface area contributed by atoms with Crippen molar-refractivity contribution in [3.8, 4) is 5.75 Å². The quantitative estimate of drug-likeness (QED) is 0.358. The Kier molecular flexibility index (Phi) is 10.7. The Balaban J connectivity index is 0.000000587. The number of carboxylic acid groups (broad SMARTS) is 2. The van der Waals surface area contributed by atoms with Crippen molar-refractivity contribution < 1.29 is 51.7 Å². The molecule has 2 heterocycles. The van der Waals surface area contributed by atoms with Crippen LogP contribution in [0.2, 0.25) is 0 Å². The van der Waals surface area contributed by atoms with Gasteiger partial charge in [-0.1, -0.05) is 18.2 Å². The standard InChI is InChI=1S/C26H30F2N2O4.C2HF3O2/c27-23-5-2-6-24(28)22(23)16-29(25(32)9-10-26(33)34)11-12-30-19-7-8-20(30)14-18(13-19)17-3-1-4-21(31)15-17;3-2(4,5)1(6)7/h1-6,15,18-20,31H,7-14,16H2,(H,33,34);(H,6,7)/t18?,19-,20+;. The predicted octanol–water partition coefficient (Wildman–Crippen LogP) is 4.91. The van der Waals surface area contributed by atoms with Gasteiger partial charge >= 0.3 is 18.1 Å². The zero-order chi connectivity index (χ0) is 30.3. The molecule has 2 aliphatic rings. The number of carboxylic acids is 2. The lowest BCUT2D eigenvalue weighted by Crippen LogP contribution is -2.46. The second-order valence-electron chi connectivity index (χ2n) is 10.1. The molecule has 2 aliphatic heterocycles. The Hall–Kier alpha value is -3.74. The van der Waals surface area contributed by atoms with Crippen LogP contribution < -0.4 is 0 Å². The molecular weight excluding hydrogens is 555 g/mol. The maximum absolute atomic E-state index is 14.2.